The van der Waals surface area contributed by atoms with Crippen molar-refractivity contribution in [2.45, 2.75) is 13.1 Å². The van der Waals surface area contributed by atoms with Gasteiger partial charge in [0.05, 0.1) is 34.9 Å². The molecule has 187 valence electrons. The third-order valence-corrected chi connectivity index (χ3v) is 4.96. The van der Waals surface area contributed by atoms with Crippen molar-refractivity contribution in [3.8, 4) is 23.3 Å². The summed E-state index contributed by atoms with van der Waals surface area (Å²) < 4.78 is 51.6. The number of carbonyl (C=O) groups excluding carboxylic acids is 1. The molecular weight excluding hydrogens is 661 g/mol. The molecule has 1 radical (unpaired) electrons. The Hall–Kier alpha value is -3.10. The van der Waals surface area contributed by atoms with Crippen molar-refractivity contribution in [1.29, 1.82) is 5.26 Å². The van der Waals surface area contributed by atoms with Gasteiger partial charge in [0.25, 0.3) is 0 Å². The molecule has 0 saturated heterocycles. The standard InChI is InChI=1S/C23H15ClF3N2O3.CH3.H2N.Os/c1-13-20(22(30)29-15-6-4-3-5-7-15)19(11-16(21(13)24)23(25,26)27)32-17-9-8-14(12-28)10-18(17)31-2;;;/h3-4,6-11H,1-2H3,(H,29,30);1H3;1H2;/q3*-1;+1. The van der Waals surface area contributed by atoms with E-state index in [-0.39, 0.29) is 67.3 Å². The second-order valence-corrected chi connectivity index (χ2v) is 6.94. The normalized spacial score (nSPS) is 9.97. The largest absolute Gasteiger partial charge is 1.00 e. The number of hydrogen-bond acceptors (Lipinski definition) is 4. The molecule has 0 aliphatic carbocycles. The van der Waals surface area contributed by atoms with E-state index in [1.54, 1.807) is 18.2 Å². The van der Waals surface area contributed by atoms with E-state index in [4.69, 9.17) is 26.3 Å². The molecule has 0 aliphatic rings. The molecule has 0 heterocycles. The van der Waals surface area contributed by atoms with Gasteiger partial charge in [0.1, 0.15) is 5.75 Å². The average Bonchev–Trinajstić information content (AvgIpc) is 2.76. The number of halogens is 4. The van der Waals surface area contributed by atoms with E-state index in [1.807, 2.05) is 6.07 Å². The zero-order valence-corrected chi connectivity index (χ0v) is 22.0. The molecule has 0 saturated carbocycles. The summed E-state index contributed by atoms with van der Waals surface area (Å²) in [6, 6.07) is 15.9. The second-order valence-electron chi connectivity index (χ2n) is 6.56. The van der Waals surface area contributed by atoms with Crippen molar-refractivity contribution in [3.63, 3.8) is 0 Å². The second kappa shape index (κ2) is 13.1. The van der Waals surface area contributed by atoms with E-state index in [2.05, 4.69) is 11.4 Å². The molecule has 1 amide bonds. The molecule has 35 heavy (non-hydrogen) atoms. The average molecular weight is 681 g/mol. The quantitative estimate of drug-likeness (QED) is 0.281. The monoisotopic (exact) mass is 682 g/mol. The van der Waals surface area contributed by atoms with Gasteiger partial charge in [0, 0.05) is 6.07 Å². The van der Waals surface area contributed by atoms with Gasteiger partial charge in [0.2, 0.25) is 5.91 Å². The Labute approximate surface area is 219 Å². The van der Waals surface area contributed by atoms with Crippen LogP contribution < -0.4 is 14.8 Å². The molecule has 0 bridgehead atoms. The Kier molecular flexibility index (Phi) is 11.9. The minimum absolute atomic E-state index is 0. The minimum Gasteiger partial charge on any atom is -0.693 e. The Morgan fingerprint density at radius 2 is 1.86 bits per heavy atom. The number of amides is 1. The van der Waals surface area contributed by atoms with Crippen LogP contribution in [0, 0.1) is 31.7 Å². The molecule has 11 heteroatoms. The van der Waals surface area contributed by atoms with Gasteiger partial charge in [-0.2, -0.15) is 42.7 Å². The fourth-order valence-corrected chi connectivity index (χ4v) is 3.19. The van der Waals surface area contributed by atoms with Crippen LogP contribution in [0.25, 0.3) is 6.15 Å². The van der Waals surface area contributed by atoms with Crippen LogP contribution in [0.3, 0.4) is 0 Å². The Morgan fingerprint density at radius 1 is 1.17 bits per heavy atom. The molecule has 3 aromatic carbocycles. The topological polar surface area (TPSA) is 105 Å². The minimum atomic E-state index is -4.78. The summed E-state index contributed by atoms with van der Waals surface area (Å²) in [5.41, 5.74) is -0.797. The van der Waals surface area contributed by atoms with Gasteiger partial charge in [-0.15, -0.1) is 6.07 Å². The smallest absolute Gasteiger partial charge is 0.693 e. The molecule has 6 nitrogen and oxygen atoms in total. The molecule has 0 aromatic heterocycles. The van der Waals surface area contributed by atoms with Gasteiger partial charge < -0.3 is 28.4 Å². The van der Waals surface area contributed by atoms with Crippen LogP contribution in [0.4, 0.5) is 18.9 Å². The van der Waals surface area contributed by atoms with Crippen LogP contribution in [0.15, 0.2) is 48.5 Å². The van der Waals surface area contributed by atoms with Crippen LogP contribution in [0.5, 0.6) is 17.2 Å². The number of ether oxygens (including phenoxy) is 2. The maximum Gasteiger partial charge on any atom is 1.00 e. The van der Waals surface area contributed by atoms with Crippen LogP contribution >= 0.6 is 11.6 Å². The fourth-order valence-electron chi connectivity index (χ4n) is 2.94. The molecule has 0 atom stereocenters. The number of benzene rings is 3. The van der Waals surface area contributed by atoms with Crippen molar-refractivity contribution >= 4 is 23.2 Å². The van der Waals surface area contributed by atoms with E-state index >= 15 is 0 Å². The van der Waals surface area contributed by atoms with Crippen molar-refractivity contribution < 1.29 is 47.2 Å². The van der Waals surface area contributed by atoms with Gasteiger partial charge in [-0.3, -0.25) is 4.79 Å². The first-order valence-corrected chi connectivity index (χ1v) is 9.47. The number of methoxy groups -OCH3 is 1. The summed E-state index contributed by atoms with van der Waals surface area (Å²) in [7, 11) is 1.32. The Morgan fingerprint density at radius 3 is 2.40 bits per heavy atom. The van der Waals surface area contributed by atoms with Gasteiger partial charge in [-0.25, -0.2) is 0 Å². The van der Waals surface area contributed by atoms with Crippen molar-refractivity contribution in [3.05, 3.63) is 95.5 Å². The summed E-state index contributed by atoms with van der Waals surface area (Å²) in [6.45, 7) is 1.30. The number of nitriles is 1. The zero-order chi connectivity index (χ0) is 23.5. The summed E-state index contributed by atoms with van der Waals surface area (Å²) in [5.74, 6) is -0.974. The van der Waals surface area contributed by atoms with Crippen molar-refractivity contribution in [1.82, 2.24) is 0 Å². The van der Waals surface area contributed by atoms with E-state index in [9.17, 15) is 18.0 Å². The van der Waals surface area contributed by atoms with E-state index in [0.717, 1.165) is 0 Å². The molecular formula is C24H20ClF3N3O3Os-2. The number of carbonyl (C=O) groups is 1. The van der Waals surface area contributed by atoms with E-state index in [1.165, 1.54) is 38.3 Å². The first-order chi connectivity index (χ1) is 15.2. The van der Waals surface area contributed by atoms with Gasteiger partial charge >= 0.3 is 26.0 Å². The molecule has 3 N–H and O–H groups in total. The Bertz CT molecular complexity index is 1220. The first kappa shape index (κ1) is 31.9. The maximum absolute atomic E-state index is 13.6. The predicted octanol–water partition coefficient (Wildman–Crippen LogP) is 7.56. The summed E-state index contributed by atoms with van der Waals surface area (Å²) in [6.07, 6.45) is -4.78. The van der Waals surface area contributed by atoms with Gasteiger partial charge in [-0.1, -0.05) is 17.3 Å². The Balaban J connectivity index is 0.00000385. The van der Waals surface area contributed by atoms with E-state index < -0.39 is 22.7 Å². The summed E-state index contributed by atoms with van der Waals surface area (Å²) in [4.78, 5) is 13.0. The van der Waals surface area contributed by atoms with Crippen molar-refractivity contribution in [2.24, 2.45) is 0 Å². The number of nitrogens with one attached hydrogen (secondary N) is 1. The number of rotatable bonds is 5. The third-order valence-electron chi connectivity index (χ3n) is 4.47. The van der Waals surface area contributed by atoms with Crippen molar-refractivity contribution in [2.75, 3.05) is 12.4 Å². The maximum atomic E-state index is 13.6. The third kappa shape index (κ3) is 7.19. The molecule has 0 aliphatic heterocycles. The molecule has 0 unspecified atom stereocenters. The summed E-state index contributed by atoms with van der Waals surface area (Å²) in [5, 5.41) is 11.0. The van der Waals surface area contributed by atoms with Crippen LogP contribution in [0.1, 0.15) is 27.0 Å². The predicted molar refractivity (Wildman–Crippen MR) is 124 cm³/mol. The molecule has 3 rings (SSSR count). The fraction of sp³-hybridized carbons (Fsp3) is 0.125. The van der Waals surface area contributed by atoms with Gasteiger partial charge in [0.15, 0.2) is 11.5 Å². The number of nitrogens with zero attached hydrogens (tertiary/aromatic N) is 1. The number of anilines is 1. The summed E-state index contributed by atoms with van der Waals surface area (Å²) >= 11 is 5.98. The van der Waals surface area contributed by atoms with Crippen LogP contribution in [-0.2, 0) is 26.0 Å². The van der Waals surface area contributed by atoms with Crippen LogP contribution in [-0.4, -0.2) is 13.0 Å². The van der Waals surface area contributed by atoms with Gasteiger partial charge in [-0.05, 0) is 30.7 Å². The number of nitrogens with two attached hydrogens (primary N) is 1. The number of hydrogen-bond donors (Lipinski definition) is 1. The SMILES string of the molecule is COc1cc(C#N)ccc1Oc1cc(C(F)(F)F)c(Cl)c(C)c1C(=O)Nc1c[c-]ccc1.[CH3-].[NH2-].[Os+]. The van der Waals surface area contributed by atoms with Crippen LogP contribution in [0.2, 0.25) is 5.02 Å². The molecule has 3 aromatic rings. The molecule has 0 fully saturated rings. The van der Waals surface area contributed by atoms with E-state index in [0.29, 0.717) is 11.8 Å². The molecule has 0 spiro atoms. The number of alkyl halides is 3. The first-order valence-electron chi connectivity index (χ1n) is 9.09. The zero-order valence-electron chi connectivity index (χ0n) is 18.7.